The predicted molar refractivity (Wildman–Crippen MR) is 63.4 cm³/mol. The number of carbonyl (C=O) groups is 2. The van der Waals surface area contributed by atoms with Gasteiger partial charge in [0.2, 0.25) is 5.91 Å². The monoisotopic (exact) mass is 265 g/mol. The molecule has 7 heteroatoms. The number of nitrogens with one attached hydrogen (secondary N) is 1. The first-order valence-corrected chi connectivity index (χ1v) is 7.13. The normalized spacial score (nSPS) is 14.1. The van der Waals surface area contributed by atoms with Crippen LogP contribution in [0, 0.1) is 0 Å². The van der Waals surface area contributed by atoms with Crippen LogP contribution in [0.25, 0.3) is 0 Å². The molecule has 0 bridgehead atoms. The molecule has 0 radical (unpaired) electrons. The molecule has 100 valence electrons. The summed E-state index contributed by atoms with van der Waals surface area (Å²) in [6.45, 7) is 4.32. The Balaban J connectivity index is 4.79. The van der Waals surface area contributed by atoms with Crippen molar-refractivity contribution in [2.75, 3.05) is 6.26 Å². The molecule has 0 fully saturated rings. The Kier molecular flexibility index (Phi) is 5.12. The summed E-state index contributed by atoms with van der Waals surface area (Å²) in [5.74, 6) is -1.71. The number of hydrogen-bond donors (Lipinski definition) is 2. The molecule has 0 aliphatic heterocycles. The zero-order valence-electron chi connectivity index (χ0n) is 10.5. The van der Waals surface area contributed by atoms with E-state index in [0.29, 0.717) is 6.42 Å². The average Bonchev–Trinajstić information content (AvgIpc) is 2.13. The van der Waals surface area contributed by atoms with Gasteiger partial charge in [0.1, 0.15) is 4.75 Å². The Morgan fingerprint density at radius 1 is 1.35 bits per heavy atom. The first-order chi connectivity index (χ1) is 7.52. The van der Waals surface area contributed by atoms with Gasteiger partial charge in [-0.15, -0.1) is 0 Å². The molecule has 6 nitrogen and oxygen atoms in total. The maximum absolute atomic E-state index is 11.8. The molecule has 0 aliphatic carbocycles. The van der Waals surface area contributed by atoms with Crippen molar-refractivity contribution in [3.8, 4) is 0 Å². The summed E-state index contributed by atoms with van der Waals surface area (Å²) in [7, 11) is -3.54. The highest BCUT2D eigenvalue weighted by atomic mass is 32.2. The number of carbonyl (C=O) groups excluding carboxylic acids is 1. The zero-order chi connectivity index (χ0) is 13.9. The van der Waals surface area contributed by atoms with E-state index in [1.54, 1.807) is 6.92 Å². The highest BCUT2D eigenvalue weighted by Gasteiger charge is 2.39. The standard InChI is InChI=1S/C10H19NO5S/c1-5-7(6-8(12)13)11-9(14)10(2,3)17(4,15)16/h7H,5-6H2,1-4H3,(H,11,14)(H,12,13). The summed E-state index contributed by atoms with van der Waals surface area (Å²) >= 11 is 0. The van der Waals surface area contributed by atoms with Gasteiger partial charge in [0, 0.05) is 12.3 Å². The summed E-state index contributed by atoms with van der Waals surface area (Å²) in [4.78, 5) is 22.3. The summed E-state index contributed by atoms with van der Waals surface area (Å²) in [6, 6.07) is -0.555. The SMILES string of the molecule is CCC(CC(=O)O)NC(=O)C(C)(C)S(C)(=O)=O. The maximum atomic E-state index is 11.8. The lowest BCUT2D eigenvalue weighted by atomic mass is 10.1. The topological polar surface area (TPSA) is 101 Å². The lowest BCUT2D eigenvalue weighted by molar-refractivity contribution is -0.137. The van der Waals surface area contributed by atoms with Crippen molar-refractivity contribution < 1.29 is 23.1 Å². The molecule has 0 saturated heterocycles. The number of amides is 1. The summed E-state index contributed by atoms with van der Waals surface area (Å²) in [5.41, 5.74) is 0. The van der Waals surface area contributed by atoms with E-state index in [9.17, 15) is 18.0 Å². The van der Waals surface area contributed by atoms with Gasteiger partial charge >= 0.3 is 5.97 Å². The Hall–Kier alpha value is -1.11. The molecule has 0 aromatic carbocycles. The molecule has 0 aromatic heterocycles. The van der Waals surface area contributed by atoms with Gasteiger partial charge in [-0.25, -0.2) is 8.42 Å². The van der Waals surface area contributed by atoms with Crippen LogP contribution < -0.4 is 5.32 Å². The lowest BCUT2D eigenvalue weighted by Crippen LogP contribution is -2.51. The predicted octanol–water partition coefficient (Wildman–Crippen LogP) is 0.179. The lowest BCUT2D eigenvalue weighted by Gasteiger charge is -2.24. The van der Waals surface area contributed by atoms with Gasteiger partial charge in [-0.2, -0.15) is 0 Å². The van der Waals surface area contributed by atoms with Crippen LogP contribution >= 0.6 is 0 Å². The number of sulfone groups is 1. The van der Waals surface area contributed by atoms with Crippen molar-refractivity contribution >= 4 is 21.7 Å². The van der Waals surface area contributed by atoms with E-state index in [-0.39, 0.29) is 6.42 Å². The fraction of sp³-hybridized carbons (Fsp3) is 0.800. The zero-order valence-corrected chi connectivity index (χ0v) is 11.3. The molecule has 0 rings (SSSR count). The second-order valence-corrected chi connectivity index (χ2v) is 7.02. The molecular formula is C10H19NO5S. The summed E-state index contributed by atoms with van der Waals surface area (Å²) in [5, 5.41) is 11.1. The van der Waals surface area contributed by atoms with E-state index in [1.807, 2.05) is 0 Å². The van der Waals surface area contributed by atoms with Crippen molar-refractivity contribution in [1.82, 2.24) is 5.32 Å². The largest absolute Gasteiger partial charge is 0.481 e. The van der Waals surface area contributed by atoms with Crippen molar-refractivity contribution in [2.24, 2.45) is 0 Å². The van der Waals surface area contributed by atoms with Gasteiger partial charge in [-0.1, -0.05) is 6.92 Å². The van der Waals surface area contributed by atoms with E-state index in [1.165, 1.54) is 13.8 Å². The van der Waals surface area contributed by atoms with Gasteiger partial charge in [-0.3, -0.25) is 9.59 Å². The van der Waals surface area contributed by atoms with E-state index < -0.39 is 32.5 Å². The molecular weight excluding hydrogens is 246 g/mol. The van der Waals surface area contributed by atoms with Crippen LogP contribution in [0.3, 0.4) is 0 Å². The highest BCUT2D eigenvalue weighted by molar-refractivity contribution is 7.92. The summed E-state index contributed by atoms with van der Waals surface area (Å²) < 4.78 is 21.3. The quantitative estimate of drug-likeness (QED) is 0.713. The van der Waals surface area contributed by atoms with Crippen molar-refractivity contribution in [1.29, 1.82) is 0 Å². The minimum absolute atomic E-state index is 0.220. The third kappa shape index (κ3) is 4.33. The van der Waals surface area contributed by atoms with Gasteiger partial charge in [0.25, 0.3) is 0 Å². The third-order valence-corrected chi connectivity index (χ3v) is 4.76. The van der Waals surface area contributed by atoms with Crippen molar-refractivity contribution in [2.45, 2.75) is 44.4 Å². The number of rotatable bonds is 6. The van der Waals surface area contributed by atoms with Crippen LogP contribution in [0.5, 0.6) is 0 Å². The van der Waals surface area contributed by atoms with E-state index in [2.05, 4.69) is 5.32 Å². The molecule has 1 unspecified atom stereocenters. The number of carboxylic acid groups (broad SMARTS) is 1. The van der Waals surface area contributed by atoms with Crippen LogP contribution in [0.1, 0.15) is 33.6 Å². The second-order valence-electron chi connectivity index (χ2n) is 4.46. The first kappa shape index (κ1) is 15.9. The summed E-state index contributed by atoms with van der Waals surface area (Å²) in [6.07, 6.45) is 1.19. The Bertz CT molecular complexity index is 399. The molecule has 0 aliphatic rings. The van der Waals surface area contributed by atoms with Gasteiger partial charge < -0.3 is 10.4 Å². The van der Waals surface area contributed by atoms with Gasteiger partial charge in [0.05, 0.1) is 6.42 Å². The van der Waals surface area contributed by atoms with E-state index in [0.717, 1.165) is 6.26 Å². The minimum Gasteiger partial charge on any atom is -0.481 e. The number of aliphatic carboxylic acids is 1. The average molecular weight is 265 g/mol. The molecule has 0 aromatic rings. The molecule has 0 spiro atoms. The van der Waals surface area contributed by atoms with E-state index in [4.69, 9.17) is 5.11 Å². The van der Waals surface area contributed by atoms with Crippen molar-refractivity contribution in [3.05, 3.63) is 0 Å². The van der Waals surface area contributed by atoms with Crippen LogP contribution in [0.15, 0.2) is 0 Å². The Morgan fingerprint density at radius 2 is 1.82 bits per heavy atom. The molecule has 17 heavy (non-hydrogen) atoms. The maximum Gasteiger partial charge on any atom is 0.305 e. The fourth-order valence-electron chi connectivity index (χ4n) is 1.04. The minimum atomic E-state index is -3.54. The Labute approximate surface area is 101 Å². The van der Waals surface area contributed by atoms with Gasteiger partial charge in [-0.05, 0) is 20.3 Å². The highest BCUT2D eigenvalue weighted by Crippen LogP contribution is 2.16. The van der Waals surface area contributed by atoms with Crippen LogP contribution in [0.2, 0.25) is 0 Å². The molecule has 1 atom stereocenters. The van der Waals surface area contributed by atoms with E-state index >= 15 is 0 Å². The Morgan fingerprint density at radius 3 is 2.12 bits per heavy atom. The first-order valence-electron chi connectivity index (χ1n) is 5.24. The second kappa shape index (κ2) is 5.48. The van der Waals surface area contributed by atoms with Gasteiger partial charge in [0.15, 0.2) is 9.84 Å². The molecule has 0 saturated carbocycles. The smallest absolute Gasteiger partial charge is 0.305 e. The van der Waals surface area contributed by atoms with Crippen LogP contribution in [-0.4, -0.2) is 42.4 Å². The van der Waals surface area contributed by atoms with Crippen LogP contribution in [0.4, 0.5) is 0 Å². The molecule has 1 amide bonds. The van der Waals surface area contributed by atoms with Crippen molar-refractivity contribution in [3.63, 3.8) is 0 Å². The fourth-order valence-corrected chi connectivity index (χ4v) is 1.43. The number of hydrogen-bond acceptors (Lipinski definition) is 4. The van der Waals surface area contributed by atoms with Crippen LogP contribution in [-0.2, 0) is 19.4 Å². The molecule has 2 N–H and O–H groups in total. The number of carboxylic acids is 1. The third-order valence-electron chi connectivity index (χ3n) is 2.72. The molecule has 0 heterocycles.